The Balaban J connectivity index is 1.34. The van der Waals surface area contributed by atoms with Crippen molar-refractivity contribution < 1.29 is 0 Å². The molecule has 0 fully saturated rings. The first-order chi connectivity index (χ1) is 22.1. The van der Waals surface area contributed by atoms with Crippen LogP contribution in [0.25, 0.3) is 67.3 Å². The normalized spacial score (nSPS) is 12.8. The van der Waals surface area contributed by atoms with E-state index in [1.54, 1.807) is 0 Å². The molecule has 0 bridgehead atoms. The van der Waals surface area contributed by atoms with Gasteiger partial charge in [-0.05, 0) is 56.6 Å². The third kappa shape index (κ3) is 4.67. The molecule has 0 radical (unpaired) electrons. The van der Waals surface area contributed by atoms with E-state index in [1.165, 1.54) is 38.9 Å². The number of fused-ring (bicyclic) bond motifs is 3. The fraction of sp³-hybridized carbons (Fsp3) is 0.0698. The number of rotatable bonds is 5. The summed E-state index contributed by atoms with van der Waals surface area (Å²) in [4.78, 5) is 10.1. The van der Waals surface area contributed by atoms with Crippen LogP contribution in [0.4, 0.5) is 0 Å². The monoisotopic (exact) mass is 576 g/mol. The molecule has 214 valence electrons. The fourth-order valence-corrected chi connectivity index (χ4v) is 6.85. The zero-order valence-corrected chi connectivity index (χ0v) is 25.4. The maximum absolute atomic E-state index is 5.11. The second-order valence-corrected chi connectivity index (χ2v) is 12.2. The van der Waals surface area contributed by atoms with Crippen LogP contribution < -0.4 is 0 Å². The Kier molecular flexibility index (Phi) is 6.50. The highest BCUT2D eigenvalue weighted by Gasteiger charge is 2.37. The van der Waals surface area contributed by atoms with Gasteiger partial charge in [0.2, 0.25) is 0 Å². The van der Waals surface area contributed by atoms with E-state index in [-0.39, 0.29) is 5.41 Å². The van der Waals surface area contributed by atoms with Gasteiger partial charge in [-0.3, -0.25) is 0 Å². The highest BCUT2D eigenvalue weighted by molar-refractivity contribution is 6.00. The quantitative estimate of drug-likeness (QED) is 0.204. The van der Waals surface area contributed by atoms with Gasteiger partial charge in [-0.2, -0.15) is 0 Å². The van der Waals surface area contributed by atoms with Crippen LogP contribution in [0.15, 0.2) is 158 Å². The second-order valence-electron chi connectivity index (χ2n) is 12.2. The van der Waals surface area contributed by atoms with E-state index in [0.717, 1.165) is 39.5 Å². The van der Waals surface area contributed by atoms with Crippen LogP contribution in [0.3, 0.4) is 0 Å². The molecule has 0 atom stereocenters. The number of benzene rings is 6. The molecule has 2 heteroatoms. The Labute approximate surface area is 264 Å². The third-order valence-electron chi connectivity index (χ3n) is 9.11. The van der Waals surface area contributed by atoms with Gasteiger partial charge in [0.05, 0.1) is 11.4 Å². The van der Waals surface area contributed by atoms with Crippen LogP contribution in [-0.4, -0.2) is 9.97 Å². The van der Waals surface area contributed by atoms with Crippen LogP contribution in [0.5, 0.6) is 0 Å². The van der Waals surface area contributed by atoms with Gasteiger partial charge in [0.1, 0.15) is 0 Å². The SMILES string of the molecule is CC1(C)c2ccccc2-c2c1ccc(-c1cccc(-c3cc(-c4ccccc4)nc(-c4ccccc4)n3)c1)c2-c1ccccc1. The first-order valence-corrected chi connectivity index (χ1v) is 15.5. The van der Waals surface area contributed by atoms with Crippen LogP contribution in [0.2, 0.25) is 0 Å². The van der Waals surface area contributed by atoms with Crippen LogP contribution in [-0.2, 0) is 5.41 Å². The number of aromatic nitrogens is 2. The predicted molar refractivity (Wildman–Crippen MR) is 187 cm³/mol. The van der Waals surface area contributed by atoms with Crippen LogP contribution in [0, 0.1) is 0 Å². The summed E-state index contributed by atoms with van der Waals surface area (Å²) in [7, 11) is 0. The molecule has 0 N–H and O–H groups in total. The number of hydrogen-bond donors (Lipinski definition) is 0. The average molecular weight is 577 g/mol. The molecule has 45 heavy (non-hydrogen) atoms. The Morgan fingerprint density at radius 1 is 0.378 bits per heavy atom. The van der Waals surface area contributed by atoms with E-state index in [1.807, 2.05) is 24.3 Å². The Morgan fingerprint density at radius 3 is 1.64 bits per heavy atom. The Morgan fingerprint density at radius 2 is 0.933 bits per heavy atom. The van der Waals surface area contributed by atoms with Gasteiger partial charge in [0, 0.05) is 22.1 Å². The lowest BCUT2D eigenvalue weighted by Crippen LogP contribution is -2.14. The van der Waals surface area contributed by atoms with Crippen molar-refractivity contribution >= 4 is 0 Å². The molecule has 0 spiro atoms. The molecule has 7 aromatic rings. The minimum absolute atomic E-state index is 0.0710. The van der Waals surface area contributed by atoms with Gasteiger partial charge in [0.15, 0.2) is 5.82 Å². The Bertz CT molecular complexity index is 2110. The molecule has 8 rings (SSSR count). The summed E-state index contributed by atoms with van der Waals surface area (Å²) in [6, 6.07) is 55.9. The molecule has 0 saturated carbocycles. The standard InChI is InChI=1S/C43H32N2/c1-43(2)36-24-13-12-23-35(36)41-37(43)26-25-34(40(41)30-17-8-4-9-18-30)32-21-14-22-33(27-32)39-28-38(29-15-6-3-7-16-29)44-42(45-39)31-19-10-5-11-20-31/h3-28H,1-2H3. The summed E-state index contributed by atoms with van der Waals surface area (Å²) in [6.45, 7) is 4.69. The molecule has 1 aliphatic rings. The molecule has 0 saturated heterocycles. The second kappa shape index (κ2) is 10.8. The third-order valence-corrected chi connectivity index (χ3v) is 9.11. The highest BCUT2D eigenvalue weighted by atomic mass is 14.9. The first-order valence-electron chi connectivity index (χ1n) is 15.5. The van der Waals surface area contributed by atoms with Crippen molar-refractivity contribution in [3.63, 3.8) is 0 Å². The molecule has 0 unspecified atom stereocenters. The van der Waals surface area contributed by atoms with Crippen molar-refractivity contribution in [3.05, 3.63) is 169 Å². The van der Waals surface area contributed by atoms with E-state index in [4.69, 9.17) is 9.97 Å². The number of hydrogen-bond acceptors (Lipinski definition) is 2. The molecular weight excluding hydrogens is 544 g/mol. The minimum atomic E-state index is -0.0710. The summed E-state index contributed by atoms with van der Waals surface area (Å²) in [5.74, 6) is 0.721. The van der Waals surface area contributed by atoms with Crippen molar-refractivity contribution in [2.75, 3.05) is 0 Å². The van der Waals surface area contributed by atoms with Gasteiger partial charge in [-0.25, -0.2) is 9.97 Å². The van der Waals surface area contributed by atoms with Gasteiger partial charge in [-0.15, -0.1) is 0 Å². The maximum Gasteiger partial charge on any atom is 0.160 e. The zero-order valence-electron chi connectivity index (χ0n) is 25.4. The van der Waals surface area contributed by atoms with E-state index in [0.29, 0.717) is 0 Å². The number of nitrogens with zero attached hydrogens (tertiary/aromatic N) is 2. The lowest BCUT2D eigenvalue weighted by Gasteiger charge is -2.23. The van der Waals surface area contributed by atoms with Crippen molar-refractivity contribution in [1.82, 2.24) is 9.97 Å². The molecule has 1 heterocycles. The zero-order chi connectivity index (χ0) is 30.4. The van der Waals surface area contributed by atoms with E-state index < -0.39 is 0 Å². The highest BCUT2D eigenvalue weighted by Crippen LogP contribution is 2.54. The van der Waals surface area contributed by atoms with Gasteiger partial charge < -0.3 is 0 Å². The summed E-state index contributed by atoms with van der Waals surface area (Å²) in [6.07, 6.45) is 0. The topological polar surface area (TPSA) is 25.8 Å². The minimum Gasteiger partial charge on any atom is -0.228 e. The van der Waals surface area contributed by atoms with Crippen molar-refractivity contribution in [3.8, 4) is 67.3 Å². The van der Waals surface area contributed by atoms with E-state index in [9.17, 15) is 0 Å². The molecule has 1 aliphatic carbocycles. The van der Waals surface area contributed by atoms with Crippen molar-refractivity contribution in [1.29, 1.82) is 0 Å². The smallest absolute Gasteiger partial charge is 0.160 e. The van der Waals surface area contributed by atoms with Crippen molar-refractivity contribution in [2.24, 2.45) is 0 Å². The van der Waals surface area contributed by atoms with Crippen molar-refractivity contribution in [2.45, 2.75) is 19.3 Å². The lowest BCUT2D eigenvalue weighted by atomic mass is 9.80. The predicted octanol–water partition coefficient (Wildman–Crippen LogP) is 11.1. The summed E-state index contributed by atoms with van der Waals surface area (Å²) < 4.78 is 0. The lowest BCUT2D eigenvalue weighted by molar-refractivity contribution is 0.660. The summed E-state index contributed by atoms with van der Waals surface area (Å²) in [5.41, 5.74) is 15.2. The molecule has 1 aromatic heterocycles. The fourth-order valence-electron chi connectivity index (χ4n) is 6.85. The van der Waals surface area contributed by atoms with E-state index in [2.05, 4.69) is 147 Å². The van der Waals surface area contributed by atoms with Gasteiger partial charge in [0.25, 0.3) is 0 Å². The molecule has 2 nitrogen and oxygen atoms in total. The van der Waals surface area contributed by atoms with Crippen LogP contribution in [0.1, 0.15) is 25.0 Å². The molecular formula is C43H32N2. The summed E-state index contributed by atoms with van der Waals surface area (Å²) >= 11 is 0. The maximum atomic E-state index is 5.11. The molecule has 6 aromatic carbocycles. The van der Waals surface area contributed by atoms with Gasteiger partial charge in [-0.1, -0.05) is 159 Å². The largest absolute Gasteiger partial charge is 0.228 e. The average Bonchev–Trinajstić information content (AvgIpc) is 3.35. The Hall–Kier alpha value is -5.60. The van der Waals surface area contributed by atoms with Gasteiger partial charge >= 0.3 is 0 Å². The molecule has 0 amide bonds. The van der Waals surface area contributed by atoms with Crippen LogP contribution >= 0.6 is 0 Å². The summed E-state index contributed by atoms with van der Waals surface area (Å²) in [5, 5.41) is 0. The van der Waals surface area contributed by atoms with E-state index >= 15 is 0 Å². The first kappa shape index (κ1) is 27.0. The molecule has 0 aliphatic heterocycles.